The molecule has 6 nitrogen and oxygen atoms in total. The lowest BCUT2D eigenvalue weighted by molar-refractivity contribution is -0.132. The molecule has 19 heavy (non-hydrogen) atoms. The largest absolute Gasteiger partial charge is 0.484 e. The molecule has 1 aromatic heterocycles. The van der Waals surface area contributed by atoms with Crippen LogP contribution in [-0.2, 0) is 11.3 Å². The summed E-state index contributed by atoms with van der Waals surface area (Å²) in [5, 5.41) is 6.43. The minimum Gasteiger partial charge on any atom is -0.484 e. The van der Waals surface area contributed by atoms with E-state index in [0.29, 0.717) is 18.1 Å². The van der Waals surface area contributed by atoms with Crippen molar-refractivity contribution >= 4 is 21.8 Å². The van der Waals surface area contributed by atoms with Crippen molar-refractivity contribution in [1.29, 1.82) is 0 Å². The Morgan fingerprint density at radius 2 is 2.37 bits per heavy atom. The molecule has 0 bridgehead atoms. The highest BCUT2D eigenvalue weighted by atomic mass is 79.9. The molecule has 0 atom stereocenters. The Morgan fingerprint density at radius 1 is 1.53 bits per heavy atom. The van der Waals surface area contributed by atoms with Gasteiger partial charge in [-0.2, -0.15) is 5.10 Å². The molecule has 0 unspecified atom stereocenters. The Labute approximate surface area is 118 Å². The molecule has 0 saturated carbocycles. The number of likely N-dealkylation sites (N-methyl/N-ethyl adjacent to an activating group) is 1. The molecular weight excluding hydrogens is 312 g/mol. The zero-order chi connectivity index (χ0) is 13.7. The van der Waals surface area contributed by atoms with Crippen LogP contribution >= 0.6 is 15.9 Å². The van der Waals surface area contributed by atoms with Crippen LogP contribution in [0.2, 0.25) is 0 Å². The first-order valence-corrected chi connectivity index (χ1v) is 6.41. The topological polar surface area (TPSA) is 71.1 Å². The summed E-state index contributed by atoms with van der Waals surface area (Å²) in [4.78, 5) is 17.3. The molecule has 2 aromatic rings. The third kappa shape index (κ3) is 4.06. The van der Waals surface area contributed by atoms with Gasteiger partial charge in [0.2, 0.25) is 0 Å². The number of aromatic amines is 1. The standard InChI is InChI=1S/C12H13BrN4O2/c1-17(6-11-14-8-15-16-11)12(18)7-19-10-4-2-3-9(13)5-10/h2-5,8H,6-7H2,1H3,(H,14,15,16). The van der Waals surface area contributed by atoms with E-state index in [1.54, 1.807) is 13.1 Å². The van der Waals surface area contributed by atoms with Crippen LogP contribution in [-0.4, -0.2) is 39.6 Å². The van der Waals surface area contributed by atoms with Crippen LogP contribution < -0.4 is 4.74 Å². The van der Waals surface area contributed by atoms with Crippen LogP contribution in [0.4, 0.5) is 0 Å². The first kappa shape index (κ1) is 13.5. The van der Waals surface area contributed by atoms with Crippen molar-refractivity contribution in [3.8, 4) is 5.75 Å². The van der Waals surface area contributed by atoms with E-state index in [1.165, 1.54) is 11.2 Å². The van der Waals surface area contributed by atoms with Crippen LogP contribution in [0, 0.1) is 0 Å². The Morgan fingerprint density at radius 3 is 3.05 bits per heavy atom. The summed E-state index contributed by atoms with van der Waals surface area (Å²) in [6.07, 6.45) is 1.41. The van der Waals surface area contributed by atoms with E-state index < -0.39 is 0 Å². The summed E-state index contributed by atoms with van der Waals surface area (Å²) >= 11 is 3.34. The van der Waals surface area contributed by atoms with Crippen molar-refractivity contribution in [2.45, 2.75) is 6.54 Å². The molecular formula is C12H13BrN4O2. The number of aromatic nitrogens is 3. The molecule has 0 radical (unpaired) electrons. The molecule has 0 fully saturated rings. The first-order chi connectivity index (χ1) is 9.15. The smallest absolute Gasteiger partial charge is 0.260 e. The maximum Gasteiger partial charge on any atom is 0.260 e. The molecule has 0 spiro atoms. The first-order valence-electron chi connectivity index (χ1n) is 5.62. The zero-order valence-corrected chi connectivity index (χ0v) is 11.9. The Balaban J connectivity index is 1.84. The summed E-state index contributed by atoms with van der Waals surface area (Å²) in [6, 6.07) is 7.35. The molecule has 0 aliphatic carbocycles. The number of amides is 1. The molecule has 1 N–H and O–H groups in total. The molecule has 1 aromatic carbocycles. The van der Waals surface area contributed by atoms with E-state index in [-0.39, 0.29) is 12.5 Å². The number of halogens is 1. The molecule has 0 aliphatic rings. The molecule has 100 valence electrons. The van der Waals surface area contributed by atoms with E-state index in [9.17, 15) is 4.79 Å². The van der Waals surface area contributed by atoms with Crippen LogP contribution in [0.5, 0.6) is 5.75 Å². The Bertz CT molecular complexity index is 544. The van der Waals surface area contributed by atoms with Crippen molar-refractivity contribution < 1.29 is 9.53 Å². The van der Waals surface area contributed by atoms with Gasteiger partial charge < -0.3 is 9.64 Å². The van der Waals surface area contributed by atoms with Crippen molar-refractivity contribution in [2.24, 2.45) is 0 Å². The van der Waals surface area contributed by atoms with Gasteiger partial charge in [-0.15, -0.1) is 0 Å². The van der Waals surface area contributed by atoms with Gasteiger partial charge in [-0.25, -0.2) is 4.98 Å². The van der Waals surface area contributed by atoms with Gasteiger partial charge in [0, 0.05) is 11.5 Å². The monoisotopic (exact) mass is 324 g/mol. The summed E-state index contributed by atoms with van der Waals surface area (Å²) in [6.45, 7) is 0.363. The summed E-state index contributed by atoms with van der Waals surface area (Å²) in [7, 11) is 1.69. The number of hydrogen-bond acceptors (Lipinski definition) is 4. The normalized spacial score (nSPS) is 10.2. The highest BCUT2D eigenvalue weighted by molar-refractivity contribution is 9.10. The maximum atomic E-state index is 11.9. The van der Waals surface area contributed by atoms with Gasteiger partial charge in [0.25, 0.3) is 5.91 Å². The highest BCUT2D eigenvalue weighted by Crippen LogP contribution is 2.17. The van der Waals surface area contributed by atoms with Crippen LogP contribution in [0.15, 0.2) is 35.1 Å². The van der Waals surface area contributed by atoms with Crippen molar-refractivity contribution in [2.75, 3.05) is 13.7 Å². The summed E-state index contributed by atoms with van der Waals surface area (Å²) in [5.41, 5.74) is 0. The van der Waals surface area contributed by atoms with Gasteiger partial charge in [0.15, 0.2) is 6.61 Å². The molecule has 2 rings (SSSR count). The van der Waals surface area contributed by atoms with Crippen molar-refractivity contribution in [3.63, 3.8) is 0 Å². The van der Waals surface area contributed by atoms with Gasteiger partial charge in [0.1, 0.15) is 17.9 Å². The van der Waals surface area contributed by atoms with Crippen LogP contribution in [0.25, 0.3) is 0 Å². The second-order valence-corrected chi connectivity index (χ2v) is 4.84. The lowest BCUT2D eigenvalue weighted by atomic mass is 10.3. The minimum atomic E-state index is -0.128. The number of nitrogens with one attached hydrogen (secondary N) is 1. The predicted octanol–water partition coefficient (Wildman–Crippen LogP) is 1.60. The van der Waals surface area contributed by atoms with Crippen molar-refractivity contribution in [1.82, 2.24) is 20.1 Å². The molecule has 1 heterocycles. The Kier molecular flexibility index (Phi) is 4.51. The average molecular weight is 325 g/mol. The second-order valence-electron chi connectivity index (χ2n) is 3.93. The summed E-state index contributed by atoms with van der Waals surface area (Å²) in [5.74, 6) is 1.16. The van der Waals surface area contributed by atoms with Crippen LogP contribution in [0.1, 0.15) is 5.82 Å². The lowest BCUT2D eigenvalue weighted by Gasteiger charge is -2.15. The highest BCUT2D eigenvalue weighted by Gasteiger charge is 2.11. The fraction of sp³-hybridized carbons (Fsp3) is 0.250. The van der Waals surface area contributed by atoms with Gasteiger partial charge in [-0.3, -0.25) is 9.89 Å². The van der Waals surface area contributed by atoms with E-state index in [1.807, 2.05) is 18.2 Å². The predicted molar refractivity (Wildman–Crippen MR) is 72.5 cm³/mol. The van der Waals surface area contributed by atoms with E-state index in [4.69, 9.17) is 4.74 Å². The van der Waals surface area contributed by atoms with Gasteiger partial charge in [-0.1, -0.05) is 22.0 Å². The number of ether oxygens (including phenoxy) is 1. The minimum absolute atomic E-state index is 0.0128. The third-order valence-corrected chi connectivity index (χ3v) is 2.93. The quantitative estimate of drug-likeness (QED) is 0.906. The molecule has 0 saturated heterocycles. The second kappa shape index (κ2) is 6.33. The van der Waals surface area contributed by atoms with Gasteiger partial charge in [0.05, 0.1) is 6.54 Å². The molecule has 7 heteroatoms. The van der Waals surface area contributed by atoms with Crippen molar-refractivity contribution in [3.05, 3.63) is 40.9 Å². The zero-order valence-electron chi connectivity index (χ0n) is 10.3. The number of carbonyl (C=O) groups excluding carboxylic acids is 1. The fourth-order valence-corrected chi connectivity index (χ4v) is 1.81. The van der Waals surface area contributed by atoms with E-state index in [2.05, 4.69) is 31.1 Å². The van der Waals surface area contributed by atoms with Crippen LogP contribution in [0.3, 0.4) is 0 Å². The lowest BCUT2D eigenvalue weighted by Crippen LogP contribution is -2.31. The number of H-pyrrole nitrogens is 1. The van der Waals surface area contributed by atoms with Gasteiger partial charge >= 0.3 is 0 Å². The number of carbonyl (C=O) groups is 1. The third-order valence-electron chi connectivity index (χ3n) is 2.44. The van der Waals surface area contributed by atoms with Gasteiger partial charge in [-0.05, 0) is 18.2 Å². The van der Waals surface area contributed by atoms with E-state index in [0.717, 1.165) is 4.47 Å². The number of hydrogen-bond donors (Lipinski definition) is 1. The summed E-state index contributed by atoms with van der Waals surface area (Å²) < 4.78 is 6.33. The SMILES string of the molecule is CN(Cc1ncn[nH]1)C(=O)COc1cccc(Br)c1. The molecule has 1 amide bonds. The Hall–Kier alpha value is -1.89. The maximum absolute atomic E-state index is 11.9. The molecule has 0 aliphatic heterocycles. The average Bonchev–Trinajstić information content (AvgIpc) is 2.89. The van der Waals surface area contributed by atoms with E-state index >= 15 is 0 Å². The fourth-order valence-electron chi connectivity index (χ4n) is 1.43. The number of benzene rings is 1. The number of rotatable bonds is 5. The number of nitrogens with zero attached hydrogens (tertiary/aromatic N) is 3.